The first kappa shape index (κ1) is 13.9. The highest BCUT2D eigenvalue weighted by atomic mass is 16.7. The molecule has 3 nitrogen and oxygen atoms in total. The molecule has 0 aromatic heterocycles. The molecule has 0 radical (unpaired) electrons. The monoisotopic (exact) mass is 204 g/mol. The van der Waals surface area contributed by atoms with Gasteiger partial charge in [-0.05, 0) is 6.42 Å². The van der Waals surface area contributed by atoms with Gasteiger partial charge in [-0.2, -0.15) is 0 Å². The number of rotatable bonds is 5. The highest BCUT2D eigenvalue weighted by Gasteiger charge is 2.34. The van der Waals surface area contributed by atoms with Crippen LogP contribution in [0.5, 0.6) is 0 Å². The summed E-state index contributed by atoms with van der Waals surface area (Å²) in [7, 11) is 1.00. The fourth-order valence-corrected chi connectivity index (χ4v) is 1.74. The van der Waals surface area contributed by atoms with Crippen molar-refractivity contribution < 1.29 is 14.6 Å². The molecule has 1 rings (SSSR count). The average Bonchev–Trinajstić information content (AvgIpc) is 2.68. The molecule has 0 aliphatic carbocycles. The van der Waals surface area contributed by atoms with E-state index < -0.39 is 0 Å². The Labute approximate surface area is 87.4 Å². The molecule has 86 valence electrons. The SMILES string of the molecule is CCCCC1(CCC)OCCO1.CO. The smallest absolute Gasteiger partial charge is 0.168 e. The van der Waals surface area contributed by atoms with Crippen molar-refractivity contribution in [2.75, 3.05) is 20.3 Å². The third kappa shape index (κ3) is 4.40. The van der Waals surface area contributed by atoms with Crippen LogP contribution in [-0.4, -0.2) is 31.2 Å². The first-order chi connectivity index (χ1) is 6.83. The lowest BCUT2D eigenvalue weighted by Crippen LogP contribution is -2.29. The summed E-state index contributed by atoms with van der Waals surface area (Å²) in [5.41, 5.74) is 0. The maximum atomic E-state index is 7.00. The van der Waals surface area contributed by atoms with Gasteiger partial charge in [-0.3, -0.25) is 0 Å². The molecule has 0 saturated carbocycles. The fraction of sp³-hybridized carbons (Fsp3) is 1.00. The van der Waals surface area contributed by atoms with E-state index in [4.69, 9.17) is 14.6 Å². The quantitative estimate of drug-likeness (QED) is 0.747. The number of aliphatic hydroxyl groups is 1. The van der Waals surface area contributed by atoms with Crippen molar-refractivity contribution >= 4 is 0 Å². The Morgan fingerprint density at radius 3 is 2.00 bits per heavy atom. The van der Waals surface area contributed by atoms with E-state index in [9.17, 15) is 0 Å². The molecule has 0 spiro atoms. The van der Waals surface area contributed by atoms with Crippen molar-refractivity contribution in [3.05, 3.63) is 0 Å². The molecule has 0 aromatic carbocycles. The van der Waals surface area contributed by atoms with Gasteiger partial charge in [0.05, 0.1) is 13.2 Å². The van der Waals surface area contributed by atoms with Gasteiger partial charge in [0.25, 0.3) is 0 Å². The van der Waals surface area contributed by atoms with Crippen LogP contribution in [0.15, 0.2) is 0 Å². The molecule has 1 aliphatic heterocycles. The van der Waals surface area contributed by atoms with E-state index in [1.807, 2.05) is 0 Å². The van der Waals surface area contributed by atoms with Gasteiger partial charge in [0, 0.05) is 20.0 Å². The minimum absolute atomic E-state index is 0.204. The Hall–Kier alpha value is -0.120. The van der Waals surface area contributed by atoms with E-state index in [2.05, 4.69) is 13.8 Å². The number of ether oxygens (including phenoxy) is 2. The van der Waals surface area contributed by atoms with Crippen molar-refractivity contribution in [3.8, 4) is 0 Å². The molecule has 0 aromatic rings. The maximum absolute atomic E-state index is 7.00. The second kappa shape index (κ2) is 8.21. The maximum Gasteiger partial charge on any atom is 0.168 e. The minimum atomic E-state index is -0.204. The van der Waals surface area contributed by atoms with Gasteiger partial charge in [-0.1, -0.05) is 26.7 Å². The Morgan fingerprint density at radius 1 is 1.00 bits per heavy atom. The molecule has 1 aliphatic rings. The summed E-state index contributed by atoms with van der Waals surface area (Å²) in [4.78, 5) is 0. The fourth-order valence-electron chi connectivity index (χ4n) is 1.74. The van der Waals surface area contributed by atoms with Crippen LogP contribution in [0.1, 0.15) is 46.0 Å². The van der Waals surface area contributed by atoms with Crippen molar-refractivity contribution in [2.45, 2.75) is 51.7 Å². The van der Waals surface area contributed by atoms with Crippen molar-refractivity contribution in [1.29, 1.82) is 0 Å². The van der Waals surface area contributed by atoms with Gasteiger partial charge >= 0.3 is 0 Å². The highest BCUT2D eigenvalue weighted by molar-refractivity contribution is 4.73. The molecule has 0 bridgehead atoms. The third-order valence-corrected chi connectivity index (χ3v) is 2.36. The predicted molar refractivity (Wildman–Crippen MR) is 57.2 cm³/mol. The lowest BCUT2D eigenvalue weighted by atomic mass is 10.0. The molecule has 1 fully saturated rings. The van der Waals surface area contributed by atoms with Crippen LogP contribution in [0.3, 0.4) is 0 Å². The zero-order valence-electron chi connectivity index (χ0n) is 9.71. The van der Waals surface area contributed by atoms with Crippen LogP contribution in [0.2, 0.25) is 0 Å². The average molecular weight is 204 g/mol. The first-order valence-electron chi connectivity index (χ1n) is 5.55. The summed E-state index contributed by atoms with van der Waals surface area (Å²) in [6.45, 7) is 5.95. The summed E-state index contributed by atoms with van der Waals surface area (Å²) in [5, 5.41) is 7.00. The van der Waals surface area contributed by atoms with Gasteiger partial charge in [-0.15, -0.1) is 0 Å². The van der Waals surface area contributed by atoms with Crippen molar-refractivity contribution in [2.24, 2.45) is 0 Å². The van der Waals surface area contributed by atoms with E-state index in [-0.39, 0.29) is 5.79 Å². The normalized spacial score (nSPS) is 18.9. The second-order valence-corrected chi connectivity index (χ2v) is 3.46. The lowest BCUT2D eigenvalue weighted by Gasteiger charge is -2.26. The largest absolute Gasteiger partial charge is 0.400 e. The van der Waals surface area contributed by atoms with Crippen molar-refractivity contribution in [3.63, 3.8) is 0 Å². The first-order valence-corrected chi connectivity index (χ1v) is 5.55. The Kier molecular flexibility index (Phi) is 8.14. The number of unbranched alkanes of at least 4 members (excludes halogenated alkanes) is 1. The summed E-state index contributed by atoms with van der Waals surface area (Å²) in [6.07, 6.45) is 5.69. The Bertz CT molecular complexity index is 120. The van der Waals surface area contributed by atoms with Gasteiger partial charge < -0.3 is 14.6 Å². The summed E-state index contributed by atoms with van der Waals surface area (Å²) in [5.74, 6) is -0.204. The Morgan fingerprint density at radius 2 is 1.57 bits per heavy atom. The van der Waals surface area contributed by atoms with Crippen LogP contribution in [0.4, 0.5) is 0 Å². The molecule has 1 saturated heterocycles. The second-order valence-electron chi connectivity index (χ2n) is 3.46. The molecular weight excluding hydrogens is 180 g/mol. The van der Waals surface area contributed by atoms with Crippen LogP contribution in [0, 0.1) is 0 Å². The molecule has 0 atom stereocenters. The van der Waals surface area contributed by atoms with E-state index in [0.717, 1.165) is 39.6 Å². The van der Waals surface area contributed by atoms with Gasteiger partial charge in [0.15, 0.2) is 5.79 Å². The van der Waals surface area contributed by atoms with E-state index >= 15 is 0 Å². The van der Waals surface area contributed by atoms with E-state index in [0.29, 0.717) is 0 Å². The molecule has 3 heteroatoms. The number of aliphatic hydroxyl groups excluding tert-OH is 1. The molecular formula is C11H24O3. The predicted octanol–water partition coefficient (Wildman–Crippen LogP) is 2.33. The standard InChI is InChI=1S/C10H20O2.CH4O/c1-3-5-7-10(6-4-2)11-8-9-12-10;1-2/h3-9H2,1-2H3;2H,1H3. The van der Waals surface area contributed by atoms with Crippen LogP contribution >= 0.6 is 0 Å². The van der Waals surface area contributed by atoms with Crippen LogP contribution in [0.25, 0.3) is 0 Å². The van der Waals surface area contributed by atoms with Crippen LogP contribution in [-0.2, 0) is 9.47 Å². The Balaban J connectivity index is 0.000000791. The zero-order chi connectivity index (χ0) is 10.9. The molecule has 0 unspecified atom stereocenters. The summed E-state index contributed by atoms with van der Waals surface area (Å²) in [6, 6.07) is 0. The topological polar surface area (TPSA) is 38.7 Å². The van der Waals surface area contributed by atoms with Gasteiger partial charge in [0.2, 0.25) is 0 Å². The third-order valence-electron chi connectivity index (χ3n) is 2.36. The molecule has 14 heavy (non-hydrogen) atoms. The van der Waals surface area contributed by atoms with Gasteiger partial charge in [-0.25, -0.2) is 0 Å². The highest BCUT2D eigenvalue weighted by Crippen LogP contribution is 2.30. The summed E-state index contributed by atoms with van der Waals surface area (Å²) >= 11 is 0. The number of hydrogen-bond acceptors (Lipinski definition) is 3. The van der Waals surface area contributed by atoms with E-state index in [1.54, 1.807) is 0 Å². The zero-order valence-corrected chi connectivity index (χ0v) is 9.71. The van der Waals surface area contributed by atoms with Gasteiger partial charge in [0.1, 0.15) is 0 Å². The molecule has 0 amide bonds. The number of hydrogen-bond donors (Lipinski definition) is 1. The minimum Gasteiger partial charge on any atom is -0.400 e. The van der Waals surface area contributed by atoms with Crippen molar-refractivity contribution in [1.82, 2.24) is 0 Å². The molecule has 1 heterocycles. The van der Waals surface area contributed by atoms with E-state index in [1.165, 1.54) is 12.8 Å². The lowest BCUT2D eigenvalue weighted by molar-refractivity contribution is -0.167. The summed E-state index contributed by atoms with van der Waals surface area (Å²) < 4.78 is 11.3. The van der Waals surface area contributed by atoms with Crippen LogP contribution < -0.4 is 0 Å². The molecule has 1 N–H and O–H groups in total.